The first kappa shape index (κ1) is 15.1. The maximum absolute atomic E-state index is 12.8. The Morgan fingerprint density at radius 1 is 1.14 bits per heavy atom. The van der Waals surface area contributed by atoms with Crippen LogP contribution in [0.4, 0.5) is 4.39 Å². The first-order valence-electron chi connectivity index (χ1n) is 6.55. The maximum Gasteiger partial charge on any atom is 0.187 e. The van der Waals surface area contributed by atoms with Gasteiger partial charge < -0.3 is 5.32 Å². The third kappa shape index (κ3) is 4.96. The smallest absolute Gasteiger partial charge is 0.187 e. The Hall–Kier alpha value is -2.27. The van der Waals surface area contributed by atoms with E-state index in [2.05, 4.69) is 15.8 Å². The van der Waals surface area contributed by atoms with Crippen LogP contribution in [0.3, 0.4) is 0 Å². The van der Waals surface area contributed by atoms with Gasteiger partial charge in [-0.05, 0) is 42.4 Å². The second-order valence-electron chi connectivity index (χ2n) is 4.53. The van der Waals surface area contributed by atoms with E-state index in [9.17, 15) is 4.39 Å². The van der Waals surface area contributed by atoms with Crippen molar-refractivity contribution < 1.29 is 4.39 Å². The van der Waals surface area contributed by atoms with E-state index in [1.165, 1.54) is 12.1 Å². The van der Waals surface area contributed by atoms with Gasteiger partial charge in [0.25, 0.3) is 0 Å². The molecule has 0 radical (unpaired) electrons. The van der Waals surface area contributed by atoms with Crippen LogP contribution in [-0.4, -0.2) is 11.3 Å². The lowest BCUT2D eigenvalue weighted by molar-refractivity contribution is 0.628. The van der Waals surface area contributed by atoms with Gasteiger partial charge in [0.05, 0.1) is 12.3 Å². The van der Waals surface area contributed by atoms with Gasteiger partial charge in [-0.15, -0.1) is 0 Å². The quantitative estimate of drug-likeness (QED) is 0.516. The standard InChI is InChI=1S/C16H16FN3S/c1-12(14-5-3-2-4-6-14)19-16(21)20-18-11-13-7-9-15(17)10-8-13/h2-12H,1H3,(H2,19,20,21)/b18-11+/t12-/m1/s1. The van der Waals surface area contributed by atoms with Crippen LogP contribution >= 0.6 is 12.2 Å². The van der Waals surface area contributed by atoms with Crippen LogP contribution in [0.1, 0.15) is 24.1 Å². The van der Waals surface area contributed by atoms with Gasteiger partial charge in [0.15, 0.2) is 5.11 Å². The lowest BCUT2D eigenvalue weighted by atomic mass is 10.1. The number of hydrogen-bond acceptors (Lipinski definition) is 2. The molecule has 0 saturated heterocycles. The minimum atomic E-state index is -0.269. The number of nitrogens with one attached hydrogen (secondary N) is 2. The van der Waals surface area contributed by atoms with Gasteiger partial charge >= 0.3 is 0 Å². The number of hydrogen-bond donors (Lipinski definition) is 2. The Balaban J connectivity index is 1.83. The number of halogens is 1. The number of rotatable bonds is 4. The SMILES string of the molecule is C[C@@H](NC(=S)N/N=C/c1ccc(F)cc1)c1ccccc1. The lowest BCUT2D eigenvalue weighted by Crippen LogP contribution is -2.34. The topological polar surface area (TPSA) is 36.4 Å². The predicted molar refractivity (Wildman–Crippen MR) is 87.7 cm³/mol. The fourth-order valence-corrected chi connectivity index (χ4v) is 2.00. The first-order valence-corrected chi connectivity index (χ1v) is 6.96. The van der Waals surface area contributed by atoms with E-state index in [4.69, 9.17) is 12.2 Å². The van der Waals surface area contributed by atoms with Gasteiger partial charge in [0.1, 0.15) is 5.82 Å². The number of hydrazone groups is 1. The van der Waals surface area contributed by atoms with Gasteiger partial charge in [-0.25, -0.2) is 4.39 Å². The zero-order chi connectivity index (χ0) is 15.1. The summed E-state index contributed by atoms with van der Waals surface area (Å²) in [6.45, 7) is 2.02. The summed E-state index contributed by atoms with van der Waals surface area (Å²) in [4.78, 5) is 0. The molecule has 3 nitrogen and oxygen atoms in total. The van der Waals surface area contributed by atoms with E-state index in [-0.39, 0.29) is 11.9 Å². The summed E-state index contributed by atoms with van der Waals surface area (Å²) < 4.78 is 12.8. The number of nitrogens with zero attached hydrogens (tertiary/aromatic N) is 1. The monoisotopic (exact) mass is 301 g/mol. The summed E-state index contributed by atoms with van der Waals surface area (Å²) >= 11 is 5.17. The lowest BCUT2D eigenvalue weighted by Gasteiger charge is -2.15. The molecule has 0 fully saturated rings. The van der Waals surface area contributed by atoms with E-state index in [0.717, 1.165) is 11.1 Å². The van der Waals surface area contributed by atoms with Crippen molar-refractivity contribution in [2.24, 2.45) is 5.10 Å². The van der Waals surface area contributed by atoms with E-state index in [1.54, 1.807) is 18.3 Å². The van der Waals surface area contributed by atoms with E-state index >= 15 is 0 Å². The minimum Gasteiger partial charge on any atom is -0.355 e. The highest BCUT2D eigenvalue weighted by atomic mass is 32.1. The summed E-state index contributed by atoms with van der Waals surface area (Å²) in [6.07, 6.45) is 1.58. The van der Waals surface area contributed by atoms with Gasteiger partial charge in [-0.3, -0.25) is 5.43 Å². The number of benzene rings is 2. The average Bonchev–Trinajstić information content (AvgIpc) is 2.50. The summed E-state index contributed by atoms with van der Waals surface area (Å²) in [5.41, 5.74) is 4.68. The summed E-state index contributed by atoms with van der Waals surface area (Å²) in [5.74, 6) is -0.269. The Bertz CT molecular complexity index is 611. The van der Waals surface area contributed by atoms with Crippen molar-refractivity contribution in [2.45, 2.75) is 13.0 Å². The van der Waals surface area contributed by atoms with Crippen molar-refractivity contribution >= 4 is 23.5 Å². The van der Waals surface area contributed by atoms with Crippen LogP contribution in [0.15, 0.2) is 59.7 Å². The molecule has 0 aromatic heterocycles. The highest BCUT2D eigenvalue weighted by Gasteiger charge is 2.05. The van der Waals surface area contributed by atoms with Gasteiger partial charge in [-0.1, -0.05) is 42.5 Å². The van der Waals surface area contributed by atoms with E-state index in [0.29, 0.717) is 5.11 Å². The van der Waals surface area contributed by atoms with Crippen LogP contribution in [0, 0.1) is 5.82 Å². The molecule has 2 aromatic rings. The highest BCUT2D eigenvalue weighted by molar-refractivity contribution is 7.80. The van der Waals surface area contributed by atoms with Crippen molar-refractivity contribution in [1.82, 2.24) is 10.7 Å². The summed E-state index contributed by atoms with van der Waals surface area (Å²) in [6, 6.07) is 16.1. The molecule has 0 saturated carbocycles. The van der Waals surface area contributed by atoms with Crippen molar-refractivity contribution in [3.05, 3.63) is 71.5 Å². The highest BCUT2D eigenvalue weighted by Crippen LogP contribution is 2.10. The molecule has 108 valence electrons. The normalized spacial score (nSPS) is 12.1. The van der Waals surface area contributed by atoms with Gasteiger partial charge in [0, 0.05) is 0 Å². The zero-order valence-corrected chi connectivity index (χ0v) is 12.4. The molecule has 2 rings (SSSR count). The Morgan fingerprint density at radius 2 is 1.81 bits per heavy atom. The molecule has 0 amide bonds. The second kappa shape index (κ2) is 7.50. The van der Waals surface area contributed by atoms with Crippen LogP contribution in [0.5, 0.6) is 0 Å². The summed E-state index contributed by atoms with van der Waals surface area (Å²) in [5, 5.41) is 7.59. The molecular weight excluding hydrogens is 285 g/mol. The van der Waals surface area contributed by atoms with Gasteiger partial charge in [0.2, 0.25) is 0 Å². The molecule has 0 unspecified atom stereocenters. The molecule has 0 heterocycles. The molecule has 21 heavy (non-hydrogen) atoms. The van der Waals surface area contributed by atoms with Crippen molar-refractivity contribution in [1.29, 1.82) is 0 Å². The van der Waals surface area contributed by atoms with Crippen LogP contribution < -0.4 is 10.7 Å². The van der Waals surface area contributed by atoms with Gasteiger partial charge in [-0.2, -0.15) is 5.10 Å². The van der Waals surface area contributed by atoms with Crippen LogP contribution in [0.25, 0.3) is 0 Å². The molecule has 0 aliphatic carbocycles. The first-order chi connectivity index (χ1) is 10.1. The third-order valence-electron chi connectivity index (χ3n) is 2.90. The molecule has 5 heteroatoms. The molecule has 1 atom stereocenters. The van der Waals surface area contributed by atoms with Crippen LogP contribution in [0.2, 0.25) is 0 Å². The van der Waals surface area contributed by atoms with Crippen LogP contribution in [-0.2, 0) is 0 Å². The van der Waals surface area contributed by atoms with E-state index in [1.807, 2.05) is 37.3 Å². The average molecular weight is 301 g/mol. The fraction of sp³-hybridized carbons (Fsp3) is 0.125. The van der Waals surface area contributed by atoms with Crippen molar-refractivity contribution in [3.63, 3.8) is 0 Å². The Morgan fingerprint density at radius 3 is 2.48 bits per heavy atom. The number of thiocarbonyl (C=S) groups is 1. The molecule has 0 aliphatic rings. The molecule has 0 spiro atoms. The molecule has 0 bridgehead atoms. The largest absolute Gasteiger partial charge is 0.355 e. The maximum atomic E-state index is 12.8. The minimum absolute atomic E-state index is 0.0900. The zero-order valence-electron chi connectivity index (χ0n) is 11.6. The van der Waals surface area contributed by atoms with E-state index < -0.39 is 0 Å². The van der Waals surface area contributed by atoms with Crippen molar-refractivity contribution in [2.75, 3.05) is 0 Å². The molecule has 2 N–H and O–H groups in total. The molecule has 2 aromatic carbocycles. The Labute approximate surface area is 128 Å². The molecule has 0 aliphatic heterocycles. The fourth-order valence-electron chi connectivity index (χ4n) is 1.77. The predicted octanol–water partition coefficient (Wildman–Crippen LogP) is 3.38. The second-order valence-corrected chi connectivity index (χ2v) is 4.94. The summed E-state index contributed by atoms with van der Waals surface area (Å²) in [7, 11) is 0. The Kier molecular flexibility index (Phi) is 5.40. The molecular formula is C16H16FN3S. The van der Waals surface area contributed by atoms with Crippen molar-refractivity contribution in [3.8, 4) is 0 Å². The third-order valence-corrected chi connectivity index (χ3v) is 3.11.